The Labute approximate surface area is 164 Å². The first-order valence-electron chi connectivity index (χ1n) is 8.70. The van der Waals surface area contributed by atoms with Gasteiger partial charge in [0.2, 0.25) is 15.9 Å². The molecule has 0 aliphatic heterocycles. The predicted octanol–water partition coefficient (Wildman–Crippen LogP) is 1.70. The molecule has 0 fully saturated rings. The number of benzene rings is 2. The normalized spacial score (nSPS) is 11.1. The van der Waals surface area contributed by atoms with E-state index in [-0.39, 0.29) is 34.1 Å². The molecule has 0 saturated heterocycles. The van der Waals surface area contributed by atoms with Gasteiger partial charge in [-0.05, 0) is 55.8 Å². The molecule has 9 heteroatoms. The number of phenolic OH excluding ortho intramolecular Hbond substituents is 1. The zero-order valence-electron chi connectivity index (χ0n) is 15.7. The number of nitrogens with zero attached hydrogens (tertiary/aromatic N) is 1. The third-order valence-corrected chi connectivity index (χ3v) is 5.20. The number of anilines is 1. The van der Waals surface area contributed by atoms with Crippen molar-refractivity contribution < 1.29 is 23.1 Å². The van der Waals surface area contributed by atoms with Crippen LogP contribution in [0.2, 0.25) is 0 Å². The van der Waals surface area contributed by atoms with Crippen LogP contribution in [0.4, 0.5) is 5.69 Å². The number of hydrogen-bond acceptors (Lipinski definition) is 5. The summed E-state index contributed by atoms with van der Waals surface area (Å²) in [7, 11) is -4.14. The van der Waals surface area contributed by atoms with E-state index in [9.17, 15) is 23.1 Å². The molecule has 2 rings (SSSR count). The van der Waals surface area contributed by atoms with Gasteiger partial charge in [0.25, 0.3) is 5.91 Å². The molecule has 2 amide bonds. The fraction of sp³-hybridized carbons (Fsp3) is 0.263. The van der Waals surface area contributed by atoms with Crippen LogP contribution in [0.15, 0.2) is 47.4 Å². The summed E-state index contributed by atoms with van der Waals surface area (Å²) < 4.78 is 24.0. The number of carbonyl (C=O) groups excluding carboxylic acids is 2. The quantitative estimate of drug-likeness (QED) is 0.604. The highest BCUT2D eigenvalue weighted by molar-refractivity contribution is 7.89. The standard InChI is InChI=1S/C19H23N3O5S/c1-3-22(4-2)19(25)15-6-5-7-17(28(20,26)27)16(15)12-18(24)21-13-8-10-14(23)11-9-13/h5-11,23H,3-4,12H2,1-2H3,(H,21,24)(H2,20,26,27). The monoisotopic (exact) mass is 405 g/mol. The SMILES string of the molecule is CCN(CC)C(=O)c1cccc(S(N)(=O)=O)c1CC(=O)Nc1ccc(O)cc1. The number of amides is 2. The summed E-state index contributed by atoms with van der Waals surface area (Å²) in [6.45, 7) is 4.49. The predicted molar refractivity (Wildman–Crippen MR) is 106 cm³/mol. The van der Waals surface area contributed by atoms with Crippen LogP contribution >= 0.6 is 0 Å². The first-order chi connectivity index (χ1) is 13.2. The fourth-order valence-corrected chi connectivity index (χ4v) is 3.60. The second-order valence-corrected chi connectivity index (χ2v) is 7.61. The van der Waals surface area contributed by atoms with Crippen LogP contribution in [0.5, 0.6) is 5.75 Å². The lowest BCUT2D eigenvalue weighted by Gasteiger charge is -2.21. The van der Waals surface area contributed by atoms with Crippen molar-refractivity contribution >= 4 is 27.5 Å². The minimum atomic E-state index is -4.14. The maximum atomic E-state index is 12.8. The molecule has 0 atom stereocenters. The summed E-state index contributed by atoms with van der Waals surface area (Å²) in [5, 5.41) is 17.2. The second kappa shape index (κ2) is 8.85. The summed E-state index contributed by atoms with van der Waals surface area (Å²) in [6, 6.07) is 10.0. The molecule has 0 heterocycles. The number of phenols is 1. The summed E-state index contributed by atoms with van der Waals surface area (Å²) >= 11 is 0. The largest absolute Gasteiger partial charge is 0.508 e. The average molecular weight is 405 g/mol. The van der Waals surface area contributed by atoms with Crippen molar-refractivity contribution in [2.75, 3.05) is 18.4 Å². The van der Waals surface area contributed by atoms with E-state index in [1.165, 1.54) is 47.4 Å². The van der Waals surface area contributed by atoms with E-state index in [0.29, 0.717) is 18.8 Å². The number of rotatable bonds is 7. The maximum Gasteiger partial charge on any atom is 0.254 e. The van der Waals surface area contributed by atoms with E-state index in [4.69, 9.17) is 5.14 Å². The van der Waals surface area contributed by atoms with Crippen LogP contribution in [0, 0.1) is 0 Å². The molecule has 2 aromatic rings. The van der Waals surface area contributed by atoms with Gasteiger partial charge in [-0.2, -0.15) is 0 Å². The van der Waals surface area contributed by atoms with Crippen molar-refractivity contribution in [2.45, 2.75) is 25.2 Å². The maximum absolute atomic E-state index is 12.8. The average Bonchev–Trinajstić information content (AvgIpc) is 2.63. The topological polar surface area (TPSA) is 130 Å². The summed E-state index contributed by atoms with van der Waals surface area (Å²) in [6.07, 6.45) is -0.351. The van der Waals surface area contributed by atoms with Gasteiger partial charge in [0, 0.05) is 24.3 Å². The van der Waals surface area contributed by atoms with E-state index in [2.05, 4.69) is 5.32 Å². The lowest BCUT2D eigenvalue weighted by Crippen LogP contribution is -2.32. The minimum absolute atomic E-state index is 0.0460. The van der Waals surface area contributed by atoms with Crippen LogP contribution in [0.1, 0.15) is 29.8 Å². The van der Waals surface area contributed by atoms with Gasteiger partial charge in [0.05, 0.1) is 11.3 Å². The number of sulfonamides is 1. The van der Waals surface area contributed by atoms with Crippen molar-refractivity contribution in [1.82, 2.24) is 4.90 Å². The highest BCUT2D eigenvalue weighted by atomic mass is 32.2. The Bertz CT molecular complexity index is 968. The Kier molecular flexibility index (Phi) is 6.76. The van der Waals surface area contributed by atoms with Gasteiger partial charge in [-0.25, -0.2) is 13.6 Å². The van der Waals surface area contributed by atoms with Gasteiger partial charge in [-0.3, -0.25) is 9.59 Å². The number of carbonyl (C=O) groups is 2. The van der Waals surface area contributed by atoms with Crippen LogP contribution in [0.25, 0.3) is 0 Å². The van der Waals surface area contributed by atoms with E-state index < -0.39 is 15.9 Å². The van der Waals surface area contributed by atoms with Crippen LogP contribution in [-0.2, 0) is 21.2 Å². The number of hydrogen-bond donors (Lipinski definition) is 3. The van der Waals surface area contributed by atoms with E-state index in [1.54, 1.807) is 0 Å². The molecule has 150 valence electrons. The molecule has 2 aromatic carbocycles. The molecule has 0 aromatic heterocycles. The first-order valence-corrected chi connectivity index (χ1v) is 10.2. The van der Waals surface area contributed by atoms with Crippen molar-refractivity contribution in [2.24, 2.45) is 5.14 Å². The molecule has 0 aliphatic rings. The van der Waals surface area contributed by atoms with E-state index in [0.717, 1.165) is 0 Å². The van der Waals surface area contributed by atoms with Gasteiger partial charge >= 0.3 is 0 Å². The molecular weight excluding hydrogens is 382 g/mol. The summed E-state index contributed by atoms with van der Waals surface area (Å²) in [5.74, 6) is -0.844. The Morgan fingerprint density at radius 2 is 1.68 bits per heavy atom. The molecule has 0 radical (unpaired) electrons. The van der Waals surface area contributed by atoms with Crippen molar-refractivity contribution in [3.63, 3.8) is 0 Å². The molecule has 8 nitrogen and oxygen atoms in total. The highest BCUT2D eigenvalue weighted by Crippen LogP contribution is 2.22. The lowest BCUT2D eigenvalue weighted by atomic mass is 10.0. The van der Waals surface area contributed by atoms with Gasteiger partial charge in [0.15, 0.2) is 0 Å². The van der Waals surface area contributed by atoms with Crippen molar-refractivity contribution in [1.29, 1.82) is 0 Å². The Balaban J connectivity index is 2.43. The molecule has 0 spiro atoms. The minimum Gasteiger partial charge on any atom is -0.508 e. The van der Waals surface area contributed by atoms with E-state index >= 15 is 0 Å². The van der Waals surface area contributed by atoms with Crippen LogP contribution in [-0.4, -0.2) is 43.3 Å². The number of primary sulfonamides is 1. The highest BCUT2D eigenvalue weighted by Gasteiger charge is 2.24. The van der Waals surface area contributed by atoms with Crippen molar-refractivity contribution in [3.8, 4) is 5.75 Å². The zero-order valence-corrected chi connectivity index (χ0v) is 16.5. The molecule has 0 saturated carbocycles. The van der Waals surface area contributed by atoms with Gasteiger partial charge in [-0.15, -0.1) is 0 Å². The van der Waals surface area contributed by atoms with Crippen LogP contribution < -0.4 is 10.5 Å². The molecule has 0 unspecified atom stereocenters. The summed E-state index contributed by atoms with van der Waals surface area (Å²) in [4.78, 5) is 26.6. The summed E-state index contributed by atoms with van der Waals surface area (Å²) in [5.41, 5.74) is 0.599. The molecule has 0 bridgehead atoms. The molecule has 0 aliphatic carbocycles. The molecule has 4 N–H and O–H groups in total. The second-order valence-electron chi connectivity index (χ2n) is 6.08. The third kappa shape index (κ3) is 5.08. The fourth-order valence-electron chi connectivity index (χ4n) is 2.81. The number of aromatic hydroxyl groups is 1. The van der Waals surface area contributed by atoms with E-state index in [1.807, 2.05) is 13.8 Å². The first kappa shape index (κ1) is 21.4. The lowest BCUT2D eigenvalue weighted by molar-refractivity contribution is -0.115. The van der Waals surface area contributed by atoms with Gasteiger partial charge in [-0.1, -0.05) is 6.07 Å². The van der Waals surface area contributed by atoms with Gasteiger partial charge in [0.1, 0.15) is 5.75 Å². The van der Waals surface area contributed by atoms with Crippen LogP contribution in [0.3, 0.4) is 0 Å². The Hall–Kier alpha value is -2.91. The smallest absolute Gasteiger partial charge is 0.254 e. The zero-order chi connectivity index (χ0) is 20.9. The molecular formula is C19H23N3O5S. The Morgan fingerprint density at radius 3 is 2.21 bits per heavy atom. The third-order valence-electron chi connectivity index (χ3n) is 4.21. The van der Waals surface area contributed by atoms with Crippen molar-refractivity contribution in [3.05, 3.63) is 53.6 Å². The number of nitrogens with two attached hydrogens (primary N) is 1. The Morgan fingerprint density at radius 1 is 1.07 bits per heavy atom. The molecule has 28 heavy (non-hydrogen) atoms. The van der Waals surface area contributed by atoms with Gasteiger partial charge < -0.3 is 15.3 Å². The number of nitrogens with one attached hydrogen (secondary N) is 1.